The molecule has 0 aromatic heterocycles. The molecule has 1 unspecified atom stereocenters. The fraction of sp³-hybridized carbons (Fsp3) is 0.764. The van der Waals surface area contributed by atoms with E-state index < -0.39 is 6.10 Å². The molecule has 1 atom stereocenters. The number of unbranched alkanes of at least 4 members (excludes halogenated alkanes) is 25. The maximum Gasteiger partial charge on any atom is 0.306 e. The molecule has 0 rings (SSSR count). The molecule has 6 nitrogen and oxygen atoms in total. The first kappa shape index (κ1) is 58.1. The van der Waals surface area contributed by atoms with Crippen molar-refractivity contribution >= 4 is 17.9 Å². The molecule has 352 valence electrons. The van der Waals surface area contributed by atoms with Crippen LogP contribution in [0.2, 0.25) is 0 Å². The molecule has 0 aliphatic rings. The molecule has 0 aliphatic heterocycles. The van der Waals surface area contributed by atoms with E-state index in [1.807, 2.05) is 0 Å². The summed E-state index contributed by atoms with van der Waals surface area (Å²) in [6.07, 6.45) is 60.5. The Balaban J connectivity index is 4.42. The van der Waals surface area contributed by atoms with Gasteiger partial charge < -0.3 is 14.2 Å². The Hall–Kier alpha value is -2.89. The number of allylic oxidation sites excluding steroid dienone is 10. The van der Waals surface area contributed by atoms with Crippen LogP contribution in [-0.4, -0.2) is 37.2 Å². The van der Waals surface area contributed by atoms with Gasteiger partial charge in [-0.05, 0) is 103 Å². The second-order valence-corrected chi connectivity index (χ2v) is 17.1. The third-order valence-electron chi connectivity index (χ3n) is 11.0. The summed E-state index contributed by atoms with van der Waals surface area (Å²) in [7, 11) is 0. The van der Waals surface area contributed by atoms with Gasteiger partial charge in [-0.1, -0.05) is 191 Å². The van der Waals surface area contributed by atoms with E-state index in [-0.39, 0.29) is 31.1 Å². The van der Waals surface area contributed by atoms with E-state index in [4.69, 9.17) is 14.2 Å². The minimum atomic E-state index is -0.789. The molecule has 6 heteroatoms. The summed E-state index contributed by atoms with van der Waals surface area (Å²) in [4.78, 5) is 37.9. The molecule has 0 amide bonds. The van der Waals surface area contributed by atoms with Crippen molar-refractivity contribution in [2.45, 2.75) is 258 Å². The van der Waals surface area contributed by atoms with Gasteiger partial charge in [-0.15, -0.1) is 0 Å². The topological polar surface area (TPSA) is 78.9 Å². The molecule has 0 fully saturated rings. The zero-order valence-electron chi connectivity index (χ0n) is 40.2. The molecular formula is C55H96O6. The van der Waals surface area contributed by atoms with E-state index in [1.54, 1.807) is 0 Å². The van der Waals surface area contributed by atoms with Gasteiger partial charge >= 0.3 is 17.9 Å². The molecule has 0 spiro atoms. The van der Waals surface area contributed by atoms with Crippen molar-refractivity contribution in [1.82, 2.24) is 0 Å². The number of hydrogen-bond acceptors (Lipinski definition) is 6. The normalized spacial score (nSPS) is 12.5. The predicted molar refractivity (Wildman–Crippen MR) is 261 cm³/mol. The van der Waals surface area contributed by atoms with Crippen molar-refractivity contribution < 1.29 is 28.6 Å². The average Bonchev–Trinajstić information content (AvgIpc) is 3.26. The van der Waals surface area contributed by atoms with Crippen LogP contribution in [0.25, 0.3) is 0 Å². The van der Waals surface area contributed by atoms with Crippen LogP contribution in [-0.2, 0) is 28.6 Å². The SMILES string of the molecule is CCCC/C=C\CCCCCCCC(=O)OCC(COC(=O)CCCCCCC/C=C\C/C=C\CCCCCC)OC(=O)CCCCCCC/C=C\C/C=C\CCCCCC. The van der Waals surface area contributed by atoms with Gasteiger partial charge in [0.25, 0.3) is 0 Å². The maximum atomic E-state index is 12.8. The fourth-order valence-corrected chi connectivity index (χ4v) is 7.01. The van der Waals surface area contributed by atoms with Gasteiger partial charge in [-0.3, -0.25) is 14.4 Å². The number of ether oxygens (including phenoxy) is 3. The highest BCUT2D eigenvalue weighted by atomic mass is 16.6. The lowest BCUT2D eigenvalue weighted by atomic mass is 10.1. The first-order chi connectivity index (χ1) is 30.0. The van der Waals surface area contributed by atoms with E-state index >= 15 is 0 Å². The Morgan fingerprint density at radius 3 is 0.967 bits per heavy atom. The number of esters is 3. The van der Waals surface area contributed by atoms with Crippen molar-refractivity contribution in [3.63, 3.8) is 0 Å². The Morgan fingerprint density at radius 2 is 0.607 bits per heavy atom. The highest BCUT2D eigenvalue weighted by Crippen LogP contribution is 2.13. The Labute approximate surface area is 377 Å². The third-order valence-corrected chi connectivity index (χ3v) is 11.0. The zero-order chi connectivity index (χ0) is 44.4. The summed E-state index contributed by atoms with van der Waals surface area (Å²) in [5.74, 6) is -0.923. The highest BCUT2D eigenvalue weighted by Gasteiger charge is 2.19. The number of hydrogen-bond donors (Lipinski definition) is 0. The largest absolute Gasteiger partial charge is 0.462 e. The smallest absolute Gasteiger partial charge is 0.306 e. The number of carbonyl (C=O) groups is 3. The number of rotatable bonds is 46. The first-order valence-electron chi connectivity index (χ1n) is 25.8. The van der Waals surface area contributed by atoms with E-state index in [2.05, 4.69) is 81.5 Å². The Bertz CT molecular complexity index is 1120. The van der Waals surface area contributed by atoms with Gasteiger partial charge in [-0.2, -0.15) is 0 Å². The minimum absolute atomic E-state index is 0.0890. The summed E-state index contributed by atoms with van der Waals surface area (Å²) in [5.41, 5.74) is 0. The van der Waals surface area contributed by atoms with Crippen LogP contribution in [0.15, 0.2) is 60.8 Å². The van der Waals surface area contributed by atoms with Crippen molar-refractivity contribution in [1.29, 1.82) is 0 Å². The van der Waals surface area contributed by atoms with Gasteiger partial charge in [0.05, 0.1) is 0 Å². The lowest BCUT2D eigenvalue weighted by Crippen LogP contribution is -2.30. The lowest BCUT2D eigenvalue weighted by Gasteiger charge is -2.18. The van der Waals surface area contributed by atoms with Crippen molar-refractivity contribution in [3.05, 3.63) is 60.8 Å². The zero-order valence-corrected chi connectivity index (χ0v) is 40.2. The second-order valence-electron chi connectivity index (χ2n) is 17.1. The van der Waals surface area contributed by atoms with Gasteiger partial charge in [0.2, 0.25) is 0 Å². The van der Waals surface area contributed by atoms with Gasteiger partial charge in [0, 0.05) is 19.3 Å². The predicted octanol–water partition coefficient (Wildman–Crippen LogP) is 16.9. The van der Waals surface area contributed by atoms with Crippen molar-refractivity contribution in [2.24, 2.45) is 0 Å². The Kier molecular flexibility index (Phi) is 47.4. The average molecular weight is 853 g/mol. The highest BCUT2D eigenvalue weighted by molar-refractivity contribution is 5.71. The van der Waals surface area contributed by atoms with Crippen LogP contribution in [0.3, 0.4) is 0 Å². The van der Waals surface area contributed by atoms with E-state index in [0.29, 0.717) is 19.3 Å². The van der Waals surface area contributed by atoms with Crippen LogP contribution in [0.4, 0.5) is 0 Å². The maximum absolute atomic E-state index is 12.8. The molecule has 0 bridgehead atoms. The van der Waals surface area contributed by atoms with Gasteiger partial charge in [-0.25, -0.2) is 0 Å². The van der Waals surface area contributed by atoms with Gasteiger partial charge in [0.15, 0.2) is 6.10 Å². The fourth-order valence-electron chi connectivity index (χ4n) is 7.01. The van der Waals surface area contributed by atoms with Crippen LogP contribution in [0.5, 0.6) is 0 Å². The summed E-state index contributed by atoms with van der Waals surface area (Å²) in [6, 6.07) is 0. The van der Waals surface area contributed by atoms with Crippen LogP contribution >= 0.6 is 0 Å². The Morgan fingerprint density at radius 1 is 0.328 bits per heavy atom. The quantitative estimate of drug-likeness (QED) is 0.0263. The first-order valence-corrected chi connectivity index (χ1v) is 25.8. The summed E-state index contributed by atoms with van der Waals surface area (Å²) < 4.78 is 16.8. The molecule has 0 heterocycles. The van der Waals surface area contributed by atoms with Crippen LogP contribution < -0.4 is 0 Å². The molecule has 0 saturated carbocycles. The van der Waals surface area contributed by atoms with E-state index in [0.717, 1.165) is 109 Å². The van der Waals surface area contributed by atoms with Gasteiger partial charge in [0.1, 0.15) is 13.2 Å². The minimum Gasteiger partial charge on any atom is -0.462 e. The summed E-state index contributed by atoms with van der Waals surface area (Å²) in [5, 5.41) is 0. The van der Waals surface area contributed by atoms with Crippen molar-refractivity contribution in [2.75, 3.05) is 13.2 Å². The molecular weight excluding hydrogens is 757 g/mol. The monoisotopic (exact) mass is 853 g/mol. The molecule has 0 aromatic rings. The molecule has 0 aromatic carbocycles. The molecule has 0 aliphatic carbocycles. The van der Waals surface area contributed by atoms with E-state index in [1.165, 1.54) is 103 Å². The standard InChI is InChI=1S/C55H96O6/c1-4-7-10-13-16-19-22-24-26-28-30-33-36-39-42-45-48-54(57)60-51-52(50-59-53(56)47-44-41-38-35-32-21-18-15-12-9-6-3)61-55(58)49-46-43-40-37-34-31-29-27-25-23-20-17-14-11-8-5-2/h15,18-20,22-23,26-29,52H,4-14,16-17,21,24-25,30-51H2,1-3H3/b18-15-,22-19-,23-20-,28-26-,29-27-. The number of carbonyl (C=O) groups excluding carboxylic acids is 3. The van der Waals surface area contributed by atoms with Crippen molar-refractivity contribution in [3.8, 4) is 0 Å². The molecule has 0 radical (unpaired) electrons. The van der Waals surface area contributed by atoms with E-state index in [9.17, 15) is 14.4 Å². The van der Waals surface area contributed by atoms with Crippen LogP contribution in [0, 0.1) is 0 Å². The lowest BCUT2D eigenvalue weighted by molar-refractivity contribution is -0.167. The molecule has 61 heavy (non-hydrogen) atoms. The summed E-state index contributed by atoms with van der Waals surface area (Å²) >= 11 is 0. The molecule has 0 N–H and O–H groups in total. The summed E-state index contributed by atoms with van der Waals surface area (Å²) in [6.45, 7) is 6.54. The van der Waals surface area contributed by atoms with Crippen LogP contribution in [0.1, 0.15) is 252 Å². The molecule has 0 saturated heterocycles. The third kappa shape index (κ3) is 48.0. The second kappa shape index (κ2) is 49.8.